The number of methoxy groups -OCH3 is 1. The second-order valence-corrected chi connectivity index (χ2v) is 3.20. The molecular formula is C11H17FN2O2. The molecule has 1 rings (SSSR count). The summed E-state index contributed by atoms with van der Waals surface area (Å²) in [5.74, 6) is 0.149. The molecule has 0 aliphatic heterocycles. The fourth-order valence-electron chi connectivity index (χ4n) is 1.18. The Kier molecular flexibility index (Phi) is 5.60. The van der Waals surface area contributed by atoms with Gasteiger partial charge in [0.15, 0.2) is 0 Å². The van der Waals surface area contributed by atoms with Crippen molar-refractivity contribution in [2.75, 3.05) is 38.7 Å². The average molecular weight is 228 g/mol. The van der Waals surface area contributed by atoms with E-state index in [-0.39, 0.29) is 5.82 Å². The molecule has 16 heavy (non-hydrogen) atoms. The minimum Gasteiger partial charge on any atom is -0.491 e. The van der Waals surface area contributed by atoms with E-state index >= 15 is 0 Å². The van der Waals surface area contributed by atoms with Crippen LogP contribution >= 0.6 is 0 Å². The van der Waals surface area contributed by atoms with Crippen LogP contribution in [0.2, 0.25) is 0 Å². The Morgan fingerprint density at radius 1 is 1.38 bits per heavy atom. The standard InChI is InChI=1S/C11H17FN2O2/c1-15-6-7-16-9-2-3-11(10(12)8-9)14-5-4-13/h2-3,8,14H,4-7,13H2,1H3. The van der Waals surface area contributed by atoms with Crippen molar-refractivity contribution in [2.45, 2.75) is 0 Å². The molecule has 0 radical (unpaired) electrons. The SMILES string of the molecule is COCCOc1ccc(NCCN)c(F)c1. The molecule has 0 fully saturated rings. The zero-order valence-electron chi connectivity index (χ0n) is 9.33. The third-order valence-corrected chi connectivity index (χ3v) is 1.96. The van der Waals surface area contributed by atoms with Crippen LogP contribution in [0.1, 0.15) is 0 Å². The summed E-state index contributed by atoms with van der Waals surface area (Å²) >= 11 is 0. The molecular weight excluding hydrogens is 211 g/mol. The van der Waals surface area contributed by atoms with Gasteiger partial charge >= 0.3 is 0 Å². The maximum Gasteiger partial charge on any atom is 0.149 e. The topological polar surface area (TPSA) is 56.5 Å². The number of hydrogen-bond donors (Lipinski definition) is 2. The molecule has 5 heteroatoms. The normalized spacial score (nSPS) is 10.2. The maximum atomic E-state index is 13.5. The van der Waals surface area contributed by atoms with E-state index in [1.807, 2.05) is 0 Å². The van der Waals surface area contributed by atoms with Crippen LogP contribution in [-0.2, 0) is 4.74 Å². The third kappa shape index (κ3) is 4.04. The van der Waals surface area contributed by atoms with E-state index < -0.39 is 0 Å². The molecule has 0 spiro atoms. The number of nitrogens with one attached hydrogen (secondary N) is 1. The Labute approximate surface area is 94.5 Å². The fraction of sp³-hybridized carbons (Fsp3) is 0.455. The maximum absolute atomic E-state index is 13.5. The molecule has 0 saturated heterocycles. The summed E-state index contributed by atoms with van der Waals surface area (Å²) in [5.41, 5.74) is 5.75. The summed E-state index contributed by atoms with van der Waals surface area (Å²) in [6.45, 7) is 1.90. The van der Waals surface area contributed by atoms with Gasteiger partial charge in [0.2, 0.25) is 0 Å². The van der Waals surface area contributed by atoms with Gasteiger partial charge in [-0.3, -0.25) is 0 Å². The first kappa shape index (κ1) is 12.7. The summed E-state index contributed by atoms with van der Waals surface area (Å²) < 4.78 is 23.6. The van der Waals surface area contributed by atoms with Crippen LogP contribution in [0, 0.1) is 5.82 Å². The molecule has 90 valence electrons. The first-order chi connectivity index (χ1) is 7.77. The van der Waals surface area contributed by atoms with Crippen molar-refractivity contribution >= 4 is 5.69 Å². The Hall–Kier alpha value is -1.33. The van der Waals surface area contributed by atoms with Gasteiger partial charge in [0, 0.05) is 26.3 Å². The monoisotopic (exact) mass is 228 g/mol. The number of ether oxygens (including phenoxy) is 2. The van der Waals surface area contributed by atoms with E-state index in [9.17, 15) is 4.39 Å². The van der Waals surface area contributed by atoms with Crippen LogP contribution in [0.5, 0.6) is 5.75 Å². The van der Waals surface area contributed by atoms with Crippen LogP contribution in [0.3, 0.4) is 0 Å². The molecule has 1 aromatic carbocycles. The van der Waals surface area contributed by atoms with E-state index in [1.165, 1.54) is 6.07 Å². The quantitative estimate of drug-likeness (QED) is 0.689. The number of halogens is 1. The molecule has 0 saturated carbocycles. The van der Waals surface area contributed by atoms with Crippen molar-refractivity contribution in [3.05, 3.63) is 24.0 Å². The van der Waals surface area contributed by atoms with Crippen LogP contribution in [0.25, 0.3) is 0 Å². The van der Waals surface area contributed by atoms with Gasteiger partial charge in [0.05, 0.1) is 12.3 Å². The molecule has 0 bridgehead atoms. The molecule has 0 amide bonds. The van der Waals surface area contributed by atoms with Gasteiger partial charge < -0.3 is 20.5 Å². The van der Waals surface area contributed by atoms with Crippen molar-refractivity contribution in [1.29, 1.82) is 0 Å². The molecule has 0 unspecified atom stereocenters. The smallest absolute Gasteiger partial charge is 0.149 e. The Morgan fingerprint density at radius 3 is 2.81 bits per heavy atom. The summed E-state index contributed by atoms with van der Waals surface area (Å²) in [7, 11) is 1.59. The summed E-state index contributed by atoms with van der Waals surface area (Å²) in [5, 5.41) is 2.88. The number of hydrogen-bond acceptors (Lipinski definition) is 4. The fourth-order valence-corrected chi connectivity index (χ4v) is 1.18. The predicted molar refractivity (Wildman–Crippen MR) is 61.3 cm³/mol. The number of benzene rings is 1. The molecule has 4 nitrogen and oxygen atoms in total. The van der Waals surface area contributed by atoms with Crippen LogP contribution < -0.4 is 15.8 Å². The van der Waals surface area contributed by atoms with Crippen molar-refractivity contribution < 1.29 is 13.9 Å². The number of rotatable bonds is 7. The summed E-state index contributed by atoms with van der Waals surface area (Å²) in [4.78, 5) is 0. The van der Waals surface area contributed by atoms with Crippen LogP contribution in [0.15, 0.2) is 18.2 Å². The van der Waals surface area contributed by atoms with E-state index in [1.54, 1.807) is 19.2 Å². The average Bonchev–Trinajstić information content (AvgIpc) is 2.28. The summed E-state index contributed by atoms with van der Waals surface area (Å²) in [6.07, 6.45) is 0. The predicted octanol–water partition coefficient (Wildman–Crippen LogP) is 1.22. The minimum absolute atomic E-state index is 0.344. The summed E-state index contributed by atoms with van der Waals surface area (Å²) in [6, 6.07) is 4.68. The molecule has 3 N–H and O–H groups in total. The Balaban J connectivity index is 2.53. The number of nitrogens with two attached hydrogens (primary N) is 1. The highest BCUT2D eigenvalue weighted by atomic mass is 19.1. The molecule has 0 aromatic heterocycles. The molecule has 0 aliphatic rings. The first-order valence-corrected chi connectivity index (χ1v) is 5.13. The van der Waals surface area contributed by atoms with Gasteiger partial charge in [0.25, 0.3) is 0 Å². The lowest BCUT2D eigenvalue weighted by Gasteiger charge is -2.09. The molecule has 0 atom stereocenters. The lowest BCUT2D eigenvalue weighted by molar-refractivity contribution is 0.146. The first-order valence-electron chi connectivity index (χ1n) is 5.13. The van der Waals surface area contributed by atoms with E-state index in [2.05, 4.69) is 5.32 Å². The Bertz CT molecular complexity index is 321. The van der Waals surface area contributed by atoms with E-state index in [0.717, 1.165) is 0 Å². The minimum atomic E-state index is -0.344. The van der Waals surface area contributed by atoms with Gasteiger partial charge in [-0.2, -0.15) is 0 Å². The van der Waals surface area contributed by atoms with E-state index in [0.29, 0.717) is 37.7 Å². The lowest BCUT2D eigenvalue weighted by atomic mass is 10.3. The second kappa shape index (κ2) is 7.03. The van der Waals surface area contributed by atoms with Crippen molar-refractivity contribution in [2.24, 2.45) is 5.73 Å². The molecule has 1 aromatic rings. The largest absolute Gasteiger partial charge is 0.491 e. The van der Waals surface area contributed by atoms with Crippen molar-refractivity contribution in [1.82, 2.24) is 0 Å². The van der Waals surface area contributed by atoms with Gasteiger partial charge in [-0.1, -0.05) is 0 Å². The second-order valence-electron chi connectivity index (χ2n) is 3.20. The van der Waals surface area contributed by atoms with Gasteiger partial charge in [0.1, 0.15) is 18.2 Å². The van der Waals surface area contributed by atoms with Crippen LogP contribution in [-0.4, -0.2) is 33.4 Å². The third-order valence-electron chi connectivity index (χ3n) is 1.96. The van der Waals surface area contributed by atoms with Gasteiger partial charge in [-0.05, 0) is 12.1 Å². The zero-order valence-corrected chi connectivity index (χ0v) is 9.33. The zero-order chi connectivity index (χ0) is 11.8. The Morgan fingerprint density at radius 2 is 2.19 bits per heavy atom. The highest BCUT2D eigenvalue weighted by molar-refractivity contribution is 5.47. The van der Waals surface area contributed by atoms with Crippen LogP contribution in [0.4, 0.5) is 10.1 Å². The molecule has 0 heterocycles. The van der Waals surface area contributed by atoms with Crippen molar-refractivity contribution in [3.63, 3.8) is 0 Å². The van der Waals surface area contributed by atoms with Gasteiger partial charge in [-0.25, -0.2) is 4.39 Å². The highest BCUT2D eigenvalue weighted by Gasteiger charge is 2.03. The lowest BCUT2D eigenvalue weighted by Crippen LogP contribution is -2.14. The highest BCUT2D eigenvalue weighted by Crippen LogP contribution is 2.20. The van der Waals surface area contributed by atoms with Gasteiger partial charge in [-0.15, -0.1) is 0 Å². The van der Waals surface area contributed by atoms with Crippen molar-refractivity contribution in [3.8, 4) is 5.75 Å². The molecule has 0 aliphatic carbocycles. The number of anilines is 1. The van der Waals surface area contributed by atoms with E-state index in [4.69, 9.17) is 15.2 Å².